The standard InChI is InChI=1S/C26H29N5/c27-25-26(22-11-12-22,29-24-8-4-3-7-23(24)28-25)31-15-13-30(14-16-31)18-19-9-10-20-5-1-2-6-21(20)17-19/h1-10,17,22,29H,11-16,18H2,(H2,27,28). The number of benzene rings is 3. The first kappa shape index (κ1) is 18.8. The zero-order valence-corrected chi connectivity index (χ0v) is 17.8. The van der Waals surface area contributed by atoms with Crippen molar-refractivity contribution in [3.8, 4) is 0 Å². The van der Waals surface area contributed by atoms with Crippen LogP contribution in [0.5, 0.6) is 0 Å². The van der Waals surface area contributed by atoms with Gasteiger partial charge in [-0.2, -0.15) is 0 Å². The topological polar surface area (TPSA) is 56.9 Å². The molecule has 1 saturated carbocycles. The van der Waals surface area contributed by atoms with Crippen LogP contribution in [0.4, 0.5) is 11.4 Å². The fourth-order valence-electron chi connectivity index (χ4n) is 5.33. The molecule has 3 aliphatic rings. The van der Waals surface area contributed by atoms with Crippen molar-refractivity contribution in [1.29, 1.82) is 0 Å². The molecule has 158 valence electrons. The molecule has 1 atom stereocenters. The van der Waals surface area contributed by atoms with Gasteiger partial charge in [-0.15, -0.1) is 0 Å². The van der Waals surface area contributed by atoms with Crippen molar-refractivity contribution in [2.24, 2.45) is 16.6 Å². The van der Waals surface area contributed by atoms with Gasteiger partial charge in [0, 0.05) is 38.6 Å². The number of hydrogen-bond acceptors (Lipinski definition) is 5. The molecule has 0 bridgehead atoms. The van der Waals surface area contributed by atoms with Gasteiger partial charge in [-0.1, -0.05) is 48.5 Å². The van der Waals surface area contributed by atoms with Gasteiger partial charge in [0.05, 0.1) is 11.4 Å². The monoisotopic (exact) mass is 411 g/mol. The molecular weight excluding hydrogens is 382 g/mol. The minimum absolute atomic E-state index is 0.330. The third kappa shape index (κ3) is 3.29. The molecular formula is C26H29N5. The second-order valence-corrected chi connectivity index (χ2v) is 9.12. The van der Waals surface area contributed by atoms with Gasteiger partial charge < -0.3 is 11.1 Å². The van der Waals surface area contributed by atoms with Crippen molar-refractivity contribution in [1.82, 2.24) is 9.80 Å². The van der Waals surface area contributed by atoms with Crippen LogP contribution >= 0.6 is 0 Å². The van der Waals surface area contributed by atoms with Gasteiger partial charge >= 0.3 is 0 Å². The molecule has 3 N–H and O–H groups in total. The first-order chi connectivity index (χ1) is 15.2. The Morgan fingerprint density at radius 1 is 0.903 bits per heavy atom. The Morgan fingerprint density at radius 2 is 1.65 bits per heavy atom. The van der Waals surface area contributed by atoms with Crippen LogP contribution in [0.25, 0.3) is 10.8 Å². The van der Waals surface area contributed by atoms with E-state index in [1.165, 1.54) is 29.2 Å². The Morgan fingerprint density at radius 3 is 2.45 bits per heavy atom. The Hall–Kier alpha value is -2.89. The second-order valence-electron chi connectivity index (χ2n) is 9.12. The lowest BCUT2D eigenvalue weighted by Crippen LogP contribution is -2.68. The number of nitrogens with two attached hydrogens (primary N) is 1. The van der Waals surface area contributed by atoms with E-state index in [1.807, 2.05) is 12.1 Å². The van der Waals surface area contributed by atoms with Crippen LogP contribution in [0.2, 0.25) is 0 Å². The maximum Gasteiger partial charge on any atom is 0.153 e. The lowest BCUT2D eigenvalue weighted by Gasteiger charge is -2.50. The summed E-state index contributed by atoms with van der Waals surface area (Å²) < 4.78 is 0. The van der Waals surface area contributed by atoms with Gasteiger partial charge in [0.15, 0.2) is 5.66 Å². The molecule has 2 fully saturated rings. The molecule has 5 heteroatoms. The number of hydrogen-bond donors (Lipinski definition) is 2. The van der Waals surface area contributed by atoms with Crippen molar-refractivity contribution in [2.45, 2.75) is 25.0 Å². The maximum absolute atomic E-state index is 6.64. The van der Waals surface area contributed by atoms with Crippen molar-refractivity contribution in [2.75, 3.05) is 31.5 Å². The van der Waals surface area contributed by atoms with E-state index < -0.39 is 0 Å². The Labute approximate surface area is 183 Å². The minimum Gasteiger partial charge on any atom is -0.384 e. The summed E-state index contributed by atoms with van der Waals surface area (Å²) in [5.41, 5.74) is 9.75. The molecule has 0 radical (unpaired) electrons. The highest BCUT2D eigenvalue weighted by molar-refractivity contribution is 5.99. The molecule has 1 aliphatic carbocycles. The molecule has 3 aromatic rings. The fraction of sp³-hybridized carbons (Fsp3) is 0.346. The average Bonchev–Trinajstić information content (AvgIpc) is 3.65. The third-order valence-corrected chi connectivity index (χ3v) is 7.12. The van der Waals surface area contributed by atoms with E-state index in [0.29, 0.717) is 5.92 Å². The predicted molar refractivity (Wildman–Crippen MR) is 128 cm³/mol. The summed E-state index contributed by atoms with van der Waals surface area (Å²) >= 11 is 0. The summed E-state index contributed by atoms with van der Waals surface area (Å²) in [6.07, 6.45) is 2.42. The molecule has 3 aromatic carbocycles. The third-order valence-electron chi connectivity index (χ3n) is 7.12. The molecule has 2 aliphatic heterocycles. The molecule has 31 heavy (non-hydrogen) atoms. The van der Waals surface area contributed by atoms with Crippen molar-refractivity contribution >= 4 is 28.0 Å². The maximum atomic E-state index is 6.64. The average molecular weight is 412 g/mol. The summed E-state index contributed by atoms with van der Waals surface area (Å²) in [6, 6.07) is 23.7. The Balaban J connectivity index is 1.19. The van der Waals surface area contributed by atoms with Crippen LogP contribution in [0.3, 0.4) is 0 Å². The minimum atomic E-state index is -0.330. The van der Waals surface area contributed by atoms with E-state index in [9.17, 15) is 0 Å². The highest BCUT2D eigenvalue weighted by Crippen LogP contribution is 2.47. The molecule has 6 rings (SSSR count). The van der Waals surface area contributed by atoms with Gasteiger partial charge in [-0.05, 0) is 47.4 Å². The van der Waals surface area contributed by atoms with Crippen LogP contribution in [-0.4, -0.2) is 47.5 Å². The molecule has 1 unspecified atom stereocenters. The van der Waals surface area contributed by atoms with E-state index in [1.54, 1.807) is 0 Å². The second kappa shape index (κ2) is 7.36. The number of amidine groups is 1. The Bertz CT molecular complexity index is 1140. The van der Waals surface area contributed by atoms with E-state index >= 15 is 0 Å². The summed E-state index contributed by atoms with van der Waals surface area (Å²) in [5, 5.41) is 6.45. The molecule has 1 saturated heterocycles. The molecule has 0 aromatic heterocycles. The fourth-order valence-corrected chi connectivity index (χ4v) is 5.33. The summed E-state index contributed by atoms with van der Waals surface area (Å²) in [4.78, 5) is 9.94. The van der Waals surface area contributed by atoms with Crippen LogP contribution in [0, 0.1) is 5.92 Å². The van der Waals surface area contributed by atoms with Crippen molar-refractivity contribution < 1.29 is 0 Å². The van der Waals surface area contributed by atoms with Crippen molar-refractivity contribution in [3.05, 3.63) is 72.3 Å². The zero-order valence-electron chi connectivity index (χ0n) is 17.8. The molecule has 0 amide bonds. The van der Waals surface area contributed by atoms with E-state index in [-0.39, 0.29) is 5.66 Å². The number of nitrogens with one attached hydrogen (secondary N) is 1. The zero-order chi connectivity index (χ0) is 20.8. The SMILES string of the molecule is NC1=Nc2ccccc2NC1(C1CC1)N1CCN(Cc2ccc3ccccc3c2)CC1. The largest absolute Gasteiger partial charge is 0.384 e. The normalized spacial score (nSPS) is 24.5. The molecule has 2 heterocycles. The van der Waals surface area contributed by atoms with Gasteiger partial charge in [0.2, 0.25) is 0 Å². The van der Waals surface area contributed by atoms with Crippen molar-refractivity contribution in [3.63, 3.8) is 0 Å². The number of para-hydroxylation sites is 2. The number of aliphatic imine (C=N–C) groups is 1. The number of piperazine rings is 1. The van der Waals surface area contributed by atoms with Gasteiger partial charge in [-0.3, -0.25) is 9.80 Å². The van der Waals surface area contributed by atoms with Crippen LogP contribution in [-0.2, 0) is 6.54 Å². The Kier molecular flexibility index (Phi) is 4.47. The summed E-state index contributed by atoms with van der Waals surface area (Å²) in [5.74, 6) is 1.27. The van der Waals surface area contributed by atoms with Gasteiger partial charge in [0.25, 0.3) is 0 Å². The predicted octanol–water partition coefficient (Wildman–Crippen LogP) is 4.18. The first-order valence-electron chi connectivity index (χ1n) is 11.4. The lowest BCUT2D eigenvalue weighted by atomic mass is 9.96. The van der Waals surface area contributed by atoms with E-state index in [2.05, 4.69) is 69.7 Å². The van der Waals surface area contributed by atoms with Crippen LogP contribution in [0.1, 0.15) is 18.4 Å². The van der Waals surface area contributed by atoms with Crippen LogP contribution in [0.15, 0.2) is 71.7 Å². The number of rotatable bonds is 4. The van der Waals surface area contributed by atoms with Gasteiger partial charge in [-0.25, -0.2) is 4.99 Å². The van der Waals surface area contributed by atoms with Gasteiger partial charge in [0.1, 0.15) is 5.84 Å². The highest BCUT2D eigenvalue weighted by atomic mass is 15.4. The smallest absolute Gasteiger partial charge is 0.153 e. The summed E-state index contributed by atoms with van der Waals surface area (Å²) in [7, 11) is 0. The molecule has 5 nitrogen and oxygen atoms in total. The summed E-state index contributed by atoms with van der Waals surface area (Å²) in [6.45, 7) is 5.07. The number of anilines is 1. The van der Waals surface area contributed by atoms with E-state index in [0.717, 1.165) is 49.9 Å². The van der Waals surface area contributed by atoms with Crippen LogP contribution < -0.4 is 11.1 Å². The van der Waals surface area contributed by atoms with E-state index in [4.69, 9.17) is 10.7 Å². The molecule has 0 spiro atoms. The highest BCUT2D eigenvalue weighted by Gasteiger charge is 2.54. The first-order valence-corrected chi connectivity index (χ1v) is 11.4. The number of fused-ring (bicyclic) bond motifs is 2. The lowest BCUT2D eigenvalue weighted by molar-refractivity contribution is 0.0665. The number of nitrogens with zero attached hydrogens (tertiary/aromatic N) is 3. The quantitative estimate of drug-likeness (QED) is 0.676.